The van der Waals surface area contributed by atoms with Crippen LogP contribution in [0.4, 0.5) is 0 Å². The van der Waals surface area contributed by atoms with Gasteiger partial charge in [0.25, 0.3) is 0 Å². The zero-order valence-electron chi connectivity index (χ0n) is 15.3. The second-order valence-electron chi connectivity index (χ2n) is 7.14. The molecule has 3 nitrogen and oxygen atoms in total. The van der Waals surface area contributed by atoms with Gasteiger partial charge in [-0.15, -0.1) is 0 Å². The fourth-order valence-electron chi connectivity index (χ4n) is 3.59. The van der Waals surface area contributed by atoms with Gasteiger partial charge in [-0.1, -0.05) is 48.7 Å². The van der Waals surface area contributed by atoms with Crippen LogP contribution < -0.4 is 0 Å². The van der Waals surface area contributed by atoms with Crippen molar-refractivity contribution < 1.29 is 8.42 Å². The molecule has 2 aromatic carbocycles. The SMILES string of the molecule is Cc1cccc([C@@H]2CCCCCN2S(=O)(=O)c2ccc(C)c(C)c2)c1. The molecule has 1 aliphatic heterocycles. The van der Waals surface area contributed by atoms with Gasteiger partial charge in [0.1, 0.15) is 0 Å². The third kappa shape index (κ3) is 3.80. The van der Waals surface area contributed by atoms with E-state index in [1.54, 1.807) is 10.4 Å². The van der Waals surface area contributed by atoms with Crippen LogP contribution in [0.1, 0.15) is 54.0 Å². The molecule has 134 valence electrons. The summed E-state index contributed by atoms with van der Waals surface area (Å²) in [6.45, 7) is 6.62. The smallest absolute Gasteiger partial charge is 0.207 e. The minimum absolute atomic E-state index is 0.0750. The summed E-state index contributed by atoms with van der Waals surface area (Å²) in [7, 11) is -3.50. The van der Waals surface area contributed by atoms with Crippen LogP contribution in [0.2, 0.25) is 0 Å². The Morgan fingerprint density at radius 1 is 0.920 bits per heavy atom. The largest absolute Gasteiger partial charge is 0.243 e. The van der Waals surface area contributed by atoms with Crippen LogP contribution in [0.5, 0.6) is 0 Å². The summed E-state index contributed by atoms with van der Waals surface area (Å²) in [5.74, 6) is 0. The average molecular weight is 358 g/mol. The first-order chi connectivity index (χ1) is 11.9. The van der Waals surface area contributed by atoms with Crippen molar-refractivity contribution in [1.29, 1.82) is 0 Å². The van der Waals surface area contributed by atoms with Gasteiger partial charge in [-0.3, -0.25) is 0 Å². The van der Waals surface area contributed by atoms with Gasteiger partial charge in [-0.2, -0.15) is 4.31 Å². The van der Waals surface area contributed by atoms with Gasteiger partial charge in [0.15, 0.2) is 0 Å². The highest BCUT2D eigenvalue weighted by Gasteiger charge is 2.33. The summed E-state index contributed by atoms with van der Waals surface area (Å²) in [5, 5.41) is 0. The molecule has 0 spiro atoms. The Labute approximate surface area is 151 Å². The van der Waals surface area contributed by atoms with Gasteiger partial charge < -0.3 is 0 Å². The van der Waals surface area contributed by atoms with Crippen molar-refractivity contribution in [1.82, 2.24) is 4.31 Å². The van der Waals surface area contributed by atoms with Crippen molar-refractivity contribution in [2.45, 2.75) is 57.4 Å². The van der Waals surface area contributed by atoms with Crippen LogP contribution in [0.3, 0.4) is 0 Å². The molecule has 0 radical (unpaired) electrons. The van der Waals surface area contributed by atoms with Gasteiger partial charge >= 0.3 is 0 Å². The Balaban J connectivity index is 2.04. The molecule has 0 saturated carbocycles. The minimum Gasteiger partial charge on any atom is -0.207 e. The maximum Gasteiger partial charge on any atom is 0.243 e. The summed E-state index contributed by atoms with van der Waals surface area (Å²) in [6.07, 6.45) is 3.96. The topological polar surface area (TPSA) is 37.4 Å². The lowest BCUT2D eigenvalue weighted by Crippen LogP contribution is -2.35. The van der Waals surface area contributed by atoms with E-state index in [1.165, 1.54) is 5.56 Å². The third-order valence-electron chi connectivity index (χ3n) is 5.22. The lowest BCUT2D eigenvalue weighted by Gasteiger charge is -2.30. The van der Waals surface area contributed by atoms with Crippen molar-refractivity contribution in [3.63, 3.8) is 0 Å². The molecule has 0 amide bonds. The highest BCUT2D eigenvalue weighted by atomic mass is 32.2. The van der Waals surface area contributed by atoms with Crippen molar-refractivity contribution in [3.05, 3.63) is 64.7 Å². The molecule has 3 rings (SSSR count). The fourth-order valence-corrected chi connectivity index (χ4v) is 5.36. The van der Waals surface area contributed by atoms with Gasteiger partial charge in [0.2, 0.25) is 10.0 Å². The Morgan fingerprint density at radius 3 is 2.44 bits per heavy atom. The van der Waals surface area contributed by atoms with Crippen LogP contribution in [0.25, 0.3) is 0 Å². The zero-order chi connectivity index (χ0) is 18.0. The summed E-state index contributed by atoms with van der Waals surface area (Å²) in [5.41, 5.74) is 4.41. The molecule has 1 heterocycles. The van der Waals surface area contributed by atoms with Gasteiger partial charge in [0, 0.05) is 6.54 Å². The fraction of sp³-hybridized carbons (Fsp3) is 0.429. The van der Waals surface area contributed by atoms with Crippen molar-refractivity contribution in [2.24, 2.45) is 0 Å². The van der Waals surface area contributed by atoms with E-state index in [4.69, 9.17) is 0 Å². The maximum absolute atomic E-state index is 13.4. The first-order valence-corrected chi connectivity index (χ1v) is 10.5. The Hall–Kier alpha value is -1.65. The molecule has 0 aromatic heterocycles. The molecule has 1 aliphatic rings. The maximum atomic E-state index is 13.4. The first-order valence-electron chi connectivity index (χ1n) is 9.05. The highest BCUT2D eigenvalue weighted by molar-refractivity contribution is 7.89. The number of rotatable bonds is 3. The average Bonchev–Trinajstić information content (AvgIpc) is 2.83. The number of hydrogen-bond acceptors (Lipinski definition) is 2. The van der Waals surface area contributed by atoms with E-state index in [0.29, 0.717) is 11.4 Å². The molecular formula is C21H27NO2S. The number of nitrogens with zero attached hydrogens (tertiary/aromatic N) is 1. The molecule has 1 fully saturated rings. The van der Waals surface area contributed by atoms with Gasteiger partial charge in [0.05, 0.1) is 10.9 Å². The second-order valence-corrected chi connectivity index (χ2v) is 9.03. The summed E-state index contributed by atoms with van der Waals surface area (Å²) >= 11 is 0. The molecule has 0 aliphatic carbocycles. The molecule has 0 unspecified atom stereocenters. The minimum atomic E-state index is -3.50. The standard InChI is InChI=1S/C21H27NO2S/c1-16-8-7-9-19(14-16)21-10-5-4-6-13-22(21)25(23,24)20-12-11-17(2)18(3)15-20/h7-9,11-12,14-15,21H,4-6,10,13H2,1-3H3/t21-/m0/s1. The van der Waals surface area contributed by atoms with Gasteiger partial charge in [-0.05, 0) is 62.4 Å². The lowest BCUT2D eigenvalue weighted by molar-refractivity contribution is 0.329. The van der Waals surface area contributed by atoms with E-state index in [0.717, 1.165) is 42.4 Å². The number of hydrogen-bond donors (Lipinski definition) is 0. The zero-order valence-corrected chi connectivity index (χ0v) is 16.1. The van der Waals surface area contributed by atoms with Crippen molar-refractivity contribution in [2.75, 3.05) is 6.54 Å². The van der Waals surface area contributed by atoms with Crippen LogP contribution in [-0.2, 0) is 10.0 Å². The van der Waals surface area contributed by atoms with Crippen LogP contribution >= 0.6 is 0 Å². The Morgan fingerprint density at radius 2 is 1.72 bits per heavy atom. The molecule has 25 heavy (non-hydrogen) atoms. The molecular weight excluding hydrogens is 330 g/mol. The molecule has 0 bridgehead atoms. The molecule has 1 saturated heterocycles. The van der Waals surface area contributed by atoms with Crippen molar-refractivity contribution in [3.8, 4) is 0 Å². The van der Waals surface area contributed by atoms with Crippen LogP contribution in [0.15, 0.2) is 47.4 Å². The predicted octanol–water partition coefficient (Wildman–Crippen LogP) is 4.92. The van der Waals surface area contributed by atoms with E-state index in [1.807, 2.05) is 32.0 Å². The summed E-state index contributed by atoms with van der Waals surface area (Å²) in [6, 6.07) is 13.7. The van der Waals surface area contributed by atoms with Crippen molar-refractivity contribution >= 4 is 10.0 Å². The quantitative estimate of drug-likeness (QED) is 0.782. The molecule has 2 aromatic rings. The predicted molar refractivity (Wildman–Crippen MR) is 102 cm³/mol. The molecule has 0 N–H and O–H groups in total. The third-order valence-corrected chi connectivity index (χ3v) is 7.12. The van der Waals surface area contributed by atoms with Gasteiger partial charge in [-0.25, -0.2) is 8.42 Å². The normalized spacial score (nSPS) is 19.6. The lowest BCUT2D eigenvalue weighted by atomic mass is 10.0. The highest BCUT2D eigenvalue weighted by Crippen LogP contribution is 2.35. The van der Waals surface area contributed by atoms with E-state index in [9.17, 15) is 8.42 Å². The molecule has 4 heteroatoms. The van der Waals surface area contributed by atoms with E-state index in [2.05, 4.69) is 25.1 Å². The Kier molecular flexibility index (Phi) is 5.30. The van der Waals surface area contributed by atoms with Crippen LogP contribution in [-0.4, -0.2) is 19.3 Å². The summed E-state index contributed by atoms with van der Waals surface area (Å²) < 4.78 is 28.5. The summed E-state index contributed by atoms with van der Waals surface area (Å²) in [4.78, 5) is 0.412. The van der Waals surface area contributed by atoms with E-state index >= 15 is 0 Å². The number of sulfonamides is 1. The second kappa shape index (κ2) is 7.30. The monoisotopic (exact) mass is 357 g/mol. The Bertz CT molecular complexity index is 858. The number of aryl methyl sites for hydroxylation is 3. The van der Waals surface area contributed by atoms with E-state index in [-0.39, 0.29) is 6.04 Å². The first kappa shape index (κ1) is 18.2. The van der Waals surface area contributed by atoms with E-state index < -0.39 is 10.0 Å². The van der Waals surface area contributed by atoms with Crippen LogP contribution in [0, 0.1) is 20.8 Å². The number of benzene rings is 2. The molecule has 1 atom stereocenters.